The third-order valence-electron chi connectivity index (χ3n) is 4.94. The van der Waals surface area contributed by atoms with Crippen LogP contribution in [0.3, 0.4) is 0 Å². The van der Waals surface area contributed by atoms with Crippen LogP contribution in [0.25, 0.3) is 5.52 Å². The number of anilines is 2. The summed E-state index contributed by atoms with van der Waals surface area (Å²) in [6, 6.07) is 13.7. The second kappa shape index (κ2) is 7.28. The Bertz CT molecular complexity index is 997. The molecular formula is C22H26N4O2. The number of amides is 1. The quantitative estimate of drug-likeness (QED) is 0.755. The highest BCUT2D eigenvalue weighted by Gasteiger charge is 2.25. The molecule has 0 saturated carbocycles. The van der Waals surface area contributed by atoms with Gasteiger partial charge in [0.25, 0.3) is 5.91 Å². The highest BCUT2D eigenvalue weighted by Crippen LogP contribution is 2.28. The molecule has 6 heteroatoms. The van der Waals surface area contributed by atoms with E-state index in [1.165, 1.54) is 0 Å². The van der Waals surface area contributed by atoms with Gasteiger partial charge in [-0.15, -0.1) is 0 Å². The largest absolute Gasteiger partial charge is 0.378 e. The fourth-order valence-electron chi connectivity index (χ4n) is 3.57. The molecule has 0 aliphatic carbocycles. The number of morpholine rings is 1. The molecule has 3 heterocycles. The molecule has 0 spiro atoms. The first-order chi connectivity index (χ1) is 13.4. The van der Waals surface area contributed by atoms with Crippen molar-refractivity contribution in [1.29, 1.82) is 0 Å². The molecule has 0 unspecified atom stereocenters. The molecule has 1 aliphatic heterocycles. The number of carbonyl (C=O) groups excluding carboxylic acids is 1. The summed E-state index contributed by atoms with van der Waals surface area (Å²) in [5.74, 6) is 0.676. The fraction of sp³-hybridized carbons (Fsp3) is 0.364. The zero-order valence-corrected chi connectivity index (χ0v) is 16.6. The molecule has 6 nitrogen and oxygen atoms in total. The van der Waals surface area contributed by atoms with Crippen molar-refractivity contribution in [3.63, 3.8) is 0 Å². The number of hydrogen-bond donors (Lipinski definition) is 1. The van der Waals surface area contributed by atoms with Gasteiger partial charge in [-0.1, -0.05) is 39.0 Å². The second-order valence-electron chi connectivity index (χ2n) is 8.06. The van der Waals surface area contributed by atoms with Gasteiger partial charge in [-0.25, -0.2) is 4.98 Å². The van der Waals surface area contributed by atoms with Crippen molar-refractivity contribution in [2.24, 2.45) is 0 Å². The Morgan fingerprint density at radius 3 is 2.54 bits per heavy atom. The van der Waals surface area contributed by atoms with Gasteiger partial charge in [-0.3, -0.25) is 4.79 Å². The van der Waals surface area contributed by atoms with Crippen molar-refractivity contribution in [2.75, 3.05) is 36.5 Å². The van der Waals surface area contributed by atoms with E-state index in [1.807, 2.05) is 53.1 Å². The van der Waals surface area contributed by atoms with E-state index in [1.54, 1.807) is 0 Å². The number of nitrogens with zero attached hydrogens (tertiary/aromatic N) is 3. The van der Waals surface area contributed by atoms with Gasteiger partial charge in [-0.05, 0) is 24.3 Å². The smallest absolute Gasteiger partial charge is 0.276 e. The molecule has 3 aromatic rings. The maximum atomic E-state index is 13.2. The zero-order chi connectivity index (χ0) is 19.7. The van der Waals surface area contributed by atoms with Gasteiger partial charge < -0.3 is 19.4 Å². The first-order valence-electron chi connectivity index (χ1n) is 9.66. The number of hydrogen-bond acceptors (Lipinski definition) is 4. The van der Waals surface area contributed by atoms with E-state index >= 15 is 0 Å². The molecule has 1 aromatic carbocycles. The van der Waals surface area contributed by atoms with Crippen LogP contribution in [0.15, 0.2) is 48.7 Å². The molecule has 1 aliphatic rings. The van der Waals surface area contributed by atoms with Crippen LogP contribution in [0.1, 0.15) is 37.1 Å². The maximum absolute atomic E-state index is 13.2. The molecule has 0 radical (unpaired) electrons. The minimum absolute atomic E-state index is 0.172. The molecule has 28 heavy (non-hydrogen) atoms. The molecule has 2 aromatic heterocycles. The van der Waals surface area contributed by atoms with Crippen LogP contribution in [-0.2, 0) is 10.2 Å². The maximum Gasteiger partial charge on any atom is 0.276 e. The Hall–Kier alpha value is -2.86. The Kier molecular flexibility index (Phi) is 4.81. The number of para-hydroxylation sites is 2. The third kappa shape index (κ3) is 3.47. The number of aromatic nitrogens is 2. The third-order valence-corrected chi connectivity index (χ3v) is 4.94. The highest BCUT2D eigenvalue weighted by atomic mass is 16.5. The first kappa shape index (κ1) is 18.5. The summed E-state index contributed by atoms with van der Waals surface area (Å²) in [7, 11) is 0. The Labute approximate surface area is 165 Å². The van der Waals surface area contributed by atoms with Gasteiger partial charge in [0.1, 0.15) is 5.82 Å². The molecule has 4 rings (SSSR count). The van der Waals surface area contributed by atoms with Crippen LogP contribution < -0.4 is 10.2 Å². The number of imidazole rings is 1. The monoisotopic (exact) mass is 378 g/mol. The van der Waals surface area contributed by atoms with Crippen molar-refractivity contribution in [1.82, 2.24) is 9.38 Å². The van der Waals surface area contributed by atoms with E-state index in [2.05, 4.69) is 31.0 Å². The van der Waals surface area contributed by atoms with Gasteiger partial charge in [0.2, 0.25) is 0 Å². The average Bonchev–Trinajstić information content (AvgIpc) is 3.09. The van der Waals surface area contributed by atoms with Crippen LogP contribution in [-0.4, -0.2) is 41.6 Å². The highest BCUT2D eigenvalue weighted by molar-refractivity contribution is 6.09. The zero-order valence-electron chi connectivity index (χ0n) is 16.6. The van der Waals surface area contributed by atoms with Gasteiger partial charge >= 0.3 is 0 Å². The number of pyridine rings is 1. The van der Waals surface area contributed by atoms with Gasteiger partial charge in [0, 0.05) is 24.7 Å². The summed E-state index contributed by atoms with van der Waals surface area (Å²) in [6.45, 7) is 9.33. The van der Waals surface area contributed by atoms with Crippen molar-refractivity contribution in [3.05, 3.63) is 60.2 Å². The number of benzene rings is 1. The van der Waals surface area contributed by atoms with Crippen LogP contribution in [0.4, 0.5) is 11.4 Å². The van der Waals surface area contributed by atoms with Crippen LogP contribution >= 0.6 is 0 Å². The molecule has 1 N–H and O–H groups in total. The molecule has 1 saturated heterocycles. The predicted molar refractivity (Wildman–Crippen MR) is 111 cm³/mol. The lowest BCUT2D eigenvalue weighted by atomic mass is 9.96. The normalized spacial score (nSPS) is 15.0. The van der Waals surface area contributed by atoms with Crippen molar-refractivity contribution in [2.45, 2.75) is 26.2 Å². The summed E-state index contributed by atoms with van der Waals surface area (Å²) < 4.78 is 7.46. The van der Waals surface area contributed by atoms with E-state index in [0.29, 0.717) is 18.9 Å². The lowest BCUT2D eigenvalue weighted by Crippen LogP contribution is -2.36. The van der Waals surface area contributed by atoms with Crippen molar-refractivity contribution >= 4 is 22.8 Å². The number of ether oxygens (including phenoxy) is 1. The topological polar surface area (TPSA) is 58.9 Å². The van der Waals surface area contributed by atoms with Crippen molar-refractivity contribution < 1.29 is 9.53 Å². The van der Waals surface area contributed by atoms with Gasteiger partial charge in [-0.2, -0.15) is 0 Å². The average molecular weight is 378 g/mol. The molecule has 146 valence electrons. The molecule has 1 amide bonds. The van der Waals surface area contributed by atoms with E-state index in [9.17, 15) is 4.79 Å². The Morgan fingerprint density at radius 2 is 1.79 bits per heavy atom. The van der Waals surface area contributed by atoms with E-state index in [-0.39, 0.29) is 11.3 Å². The number of nitrogens with one attached hydrogen (secondary N) is 1. The lowest BCUT2D eigenvalue weighted by Gasteiger charge is -2.30. The minimum Gasteiger partial charge on any atom is -0.378 e. The van der Waals surface area contributed by atoms with Crippen molar-refractivity contribution in [3.8, 4) is 0 Å². The summed E-state index contributed by atoms with van der Waals surface area (Å²) in [5.41, 5.74) is 2.90. The van der Waals surface area contributed by atoms with Gasteiger partial charge in [0.05, 0.1) is 30.1 Å². The lowest BCUT2D eigenvalue weighted by molar-refractivity contribution is 0.102. The fourth-order valence-corrected chi connectivity index (χ4v) is 3.57. The minimum atomic E-state index is -0.195. The Balaban J connectivity index is 1.69. The molecule has 0 bridgehead atoms. The van der Waals surface area contributed by atoms with Crippen LogP contribution in [0.5, 0.6) is 0 Å². The predicted octanol–water partition coefficient (Wildman–Crippen LogP) is 3.72. The van der Waals surface area contributed by atoms with E-state index < -0.39 is 0 Å². The SMILES string of the molecule is CC(C)(C)c1nc(C(=O)Nc2ccccc2N2CCOCC2)c2ccccn12. The number of rotatable bonds is 3. The van der Waals surface area contributed by atoms with Gasteiger partial charge in [0.15, 0.2) is 5.69 Å². The first-order valence-corrected chi connectivity index (χ1v) is 9.66. The second-order valence-corrected chi connectivity index (χ2v) is 8.06. The Morgan fingerprint density at radius 1 is 1.07 bits per heavy atom. The summed E-state index contributed by atoms with van der Waals surface area (Å²) >= 11 is 0. The molecule has 0 atom stereocenters. The van der Waals surface area contributed by atoms with Crippen LogP contribution in [0.2, 0.25) is 0 Å². The van der Waals surface area contributed by atoms with E-state index in [0.717, 1.165) is 35.8 Å². The summed E-state index contributed by atoms with van der Waals surface area (Å²) in [5, 5.41) is 3.08. The summed E-state index contributed by atoms with van der Waals surface area (Å²) in [4.78, 5) is 20.1. The summed E-state index contributed by atoms with van der Waals surface area (Å²) in [6.07, 6.45) is 1.96. The number of carbonyl (C=O) groups is 1. The standard InChI is InChI=1S/C22H26N4O2/c1-22(2,3)21-24-19(18-10-6-7-11-26(18)21)20(27)23-16-8-4-5-9-17(16)25-12-14-28-15-13-25/h4-11H,12-15H2,1-3H3,(H,23,27). The van der Waals surface area contributed by atoms with Crippen LogP contribution in [0, 0.1) is 0 Å². The van der Waals surface area contributed by atoms with E-state index in [4.69, 9.17) is 9.72 Å². The number of fused-ring (bicyclic) bond motifs is 1. The molecular weight excluding hydrogens is 352 g/mol. The molecule has 1 fully saturated rings.